The van der Waals surface area contributed by atoms with Gasteiger partial charge in [-0.3, -0.25) is 4.79 Å². The second-order valence-corrected chi connectivity index (χ2v) is 4.24. The average molecular weight is 229 g/mol. The molecule has 1 rings (SSSR count). The van der Waals surface area contributed by atoms with Gasteiger partial charge in [0.2, 0.25) is 5.91 Å². The first-order valence-electron chi connectivity index (χ1n) is 6.20. The SMILES string of the molecule is COCCCCNC(=O)CC1CCCCO1. The van der Waals surface area contributed by atoms with Crippen molar-refractivity contribution >= 4 is 5.91 Å². The van der Waals surface area contributed by atoms with Gasteiger partial charge in [-0.2, -0.15) is 0 Å². The first-order chi connectivity index (χ1) is 7.83. The Morgan fingerprint density at radius 2 is 2.31 bits per heavy atom. The molecule has 1 aliphatic rings. The van der Waals surface area contributed by atoms with Gasteiger partial charge in [-0.1, -0.05) is 0 Å². The van der Waals surface area contributed by atoms with Crippen molar-refractivity contribution in [1.82, 2.24) is 5.32 Å². The van der Waals surface area contributed by atoms with E-state index in [-0.39, 0.29) is 12.0 Å². The van der Waals surface area contributed by atoms with Crippen LogP contribution in [0.5, 0.6) is 0 Å². The molecule has 4 heteroatoms. The lowest BCUT2D eigenvalue weighted by Gasteiger charge is -2.21. The van der Waals surface area contributed by atoms with E-state index in [1.54, 1.807) is 7.11 Å². The summed E-state index contributed by atoms with van der Waals surface area (Å²) in [6.45, 7) is 2.32. The van der Waals surface area contributed by atoms with Crippen LogP contribution in [0.4, 0.5) is 0 Å². The number of amides is 1. The quantitative estimate of drug-likeness (QED) is 0.673. The van der Waals surface area contributed by atoms with Crippen LogP contribution >= 0.6 is 0 Å². The average Bonchev–Trinajstić information content (AvgIpc) is 2.30. The summed E-state index contributed by atoms with van der Waals surface area (Å²) in [6.07, 6.45) is 5.98. The molecule has 16 heavy (non-hydrogen) atoms. The molecule has 94 valence electrons. The van der Waals surface area contributed by atoms with Crippen molar-refractivity contribution in [1.29, 1.82) is 0 Å². The second kappa shape index (κ2) is 8.53. The molecule has 1 heterocycles. The predicted molar refractivity (Wildman–Crippen MR) is 62.3 cm³/mol. The summed E-state index contributed by atoms with van der Waals surface area (Å²) >= 11 is 0. The number of carbonyl (C=O) groups is 1. The first kappa shape index (κ1) is 13.5. The third kappa shape index (κ3) is 6.08. The minimum absolute atomic E-state index is 0.115. The van der Waals surface area contributed by atoms with Crippen molar-refractivity contribution in [2.45, 2.75) is 44.6 Å². The molecule has 0 spiro atoms. The fraction of sp³-hybridized carbons (Fsp3) is 0.917. The summed E-state index contributed by atoms with van der Waals surface area (Å²) in [4.78, 5) is 11.5. The molecule has 1 unspecified atom stereocenters. The smallest absolute Gasteiger partial charge is 0.222 e. The summed E-state index contributed by atoms with van der Waals surface area (Å²) in [7, 11) is 1.69. The monoisotopic (exact) mass is 229 g/mol. The lowest BCUT2D eigenvalue weighted by molar-refractivity contribution is -0.124. The standard InChI is InChI=1S/C12H23NO3/c1-15-8-5-3-7-13-12(14)10-11-6-2-4-9-16-11/h11H,2-10H2,1H3,(H,13,14). The molecule has 0 bridgehead atoms. The van der Waals surface area contributed by atoms with Crippen LogP contribution in [0.2, 0.25) is 0 Å². The minimum atomic E-state index is 0.115. The van der Waals surface area contributed by atoms with Crippen LogP contribution in [-0.4, -0.2) is 38.9 Å². The van der Waals surface area contributed by atoms with Crippen LogP contribution in [0.25, 0.3) is 0 Å². The van der Waals surface area contributed by atoms with Gasteiger partial charge in [0.05, 0.1) is 12.5 Å². The van der Waals surface area contributed by atoms with Gasteiger partial charge in [0.25, 0.3) is 0 Å². The lowest BCUT2D eigenvalue weighted by atomic mass is 10.1. The Labute approximate surface area is 97.7 Å². The highest BCUT2D eigenvalue weighted by Gasteiger charge is 2.16. The van der Waals surface area contributed by atoms with E-state index < -0.39 is 0 Å². The molecule has 0 aliphatic carbocycles. The maximum atomic E-state index is 11.5. The molecule has 1 N–H and O–H groups in total. The molecule has 0 aromatic carbocycles. The lowest BCUT2D eigenvalue weighted by Crippen LogP contribution is -2.31. The zero-order valence-corrected chi connectivity index (χ0v) is 10.2. The van der Waals surface area contributed by atoms with Gasteiger partial charge in [-0.25, -0.2) is 0 Å². The Balaban J connectivity index is 1.97. The van der Waals surface area contributed by atoms with Gasteiger partial charge in [0.15, 0.2) is 0 Å². The third-order valence-electron chi connectivity index (χ3n) is 2.78. The van der Waals surface area contributed by atoms with E-state index in [9.17, 15) is 4.79 Å². The van der Waals surface area contributed by atoms with Crippen molar-refractivity contribution in [2.75, 3.05) is 26.9 Å². The van der Waals surface area contributed by atoms with Crippen molar-refractivity contribution in [3.05, 3.63) is 0 Å². The zero-order chi connectivity index (χ0) is 11.6. The van der Waals surface area contributed by atoms with Gasteiger partial charge in [0, 0.05) is 26.9 Å². The van der Waals surface area contributed by atoms with E-state index in [1.165, 1.54) is 6.42 Å². The van der Waals surface area contributed by atoms with E-state index in [2.05, 4.69) is 5.32 Å². The molecule has 1 atom stereocenters. The van der Waals surface area contributed by atoms with E-state index >= 15 is 0 Å². The van der Waals surface area contributed by atoms with Crippen LogP contribution in [0.1, 0.15) is 38.5 Å². The van der Waals surface area contributed by atoms with Crippen molar-refractivity contribution in [2.24, 2.45) is 0 Å². The molecular formula is C12H23NO3. The number of carbonyl (C=O) groups excluding carboxylic acids is 1. The highest BCUT2D eigenvalue weighted by Crippen LogP contribution is 2.15. The second-order valence-electron chi connectivity index (χ2n) is 4.24. The summed E-state index contributed by atoms with van der Waals surface area (Å²) in [5.74, 6) is 0.115. The van der Waals surface area contributed by atoms with E-state index in [0.717, 1.165) is 45.4 Å². The number of hydrogen-bond donors (Lipinski definition) is 1. The largest absolute Gasteiger partial charge is 0.385 e. The Morgan fingerprint density at radius 1 is 1.44 bits per heavy atom. The van der Waals surface area contributed by atoms with Gasteiger partial charge in [0.1, 0.15) is 0 Å². The number of methoxy groups -OCH3 is 1. The maximum Gasteiger partial charge on any atom is 0.222 e. The molecule has 0 saturated carbocycles. The number of hydrogen-bond acceptors (Lipinski definition) is 3. The van der Waals surface area contributed by atoms with Gasteiger partial charge in [-0.05, 0) is 32.1 Å². The Kier molecular flexibility index (Phi) is 7.17. The van der Waals surface area contributed by atoms with Gasteiger partial charge >= 0.3 is 0 Å². The third-order valence-corrected chi connectivity index (χ3v) is 2.78. The van der Waals surface area contributed by atoms with Crippen LogP contribution in [0.3, 0.4) is 0 Å². The molecule has 4 nitrogen and oxygen atoms in total. The first-order valence-corrected chi connectivity index (χ1v) is 6.20. The number of nitrogens with one attached hydrogen (secondary N) is 1. The summed E-state index contributed by atoms with van der Waals surface area (Å²) in [6, 6.07) is 0. The summed E-state index contributed by atoms with van der Waals surface area (Å²) < 4.78 is 10.5. The number of rotatable bonds is 7. The van der Waals surface area contributed by atoms with Crippen molar-refractivity contribution in [3.63, 3.8) is 0 Å². The van der Waals surface area contributed by atoms with E-state index in [0.29, 0.717) is 6.42 Å². The summed E-state index contributed by atoms with van der Waals surface area (Å²) in [5, 5.41) is 2.91. The van der Waals surface area contributed by atoms with Crippen LogP contribution in [-0.2, 0) is 14.3 Å². The molecule has 1 aliphatic heterocycles. The van der Waals surface area contributed by atoms with Crippen LogP contribution in [0, 0.1) is 0 Å². The molecule has 1 amide bonds. The fourth-order valence-corrected chi connectivity index (χ4v) is 1.85. The Bertz CT molecular complexity index is 191. The zero-order valence-electron chi connectivity index (χ0n) is 10.2. The fourth-order valence-electron chi connectivity index (χ4n) is 1.85. The molecule has 0 aromatic rings. The molecule has 1 saturated heterocycles. The van der Waals surface area contributed by atoms with Crippen molar-refractivity contribution in [3.8, 4) is 0 Å². The predicted octanol–water partition coefficient (Wildman–Crippen LogP) is 1.49. The highest BCUT2D eigenvalue weighted by molar-refractivity contribution is 5.76. The normalized spacial score (nSPS) is 20.7. The molecule has 0 radical (unpaired) electrons. The van der Waals surface area contributed by atoms with E-state index in [1.807, 2.05) is 0 Å². The molecular weight excluding hydrogens is 206 g/mol. The maximum absolute atomic E-state index is 11.5. The number of unbranched alkanes of at least 4 members (excludes halogenated alkanes) is 1. The minimum Gasteiger partial charge on any atom is -0.385 e. The van der Waals surface area contributed by atoms with Gasteiger partial charge < -0.3 is 14.8 Å². The van der Waals surface area contributed by atoms with Crippen LogP contribution in [0.15, 0.2) is 0 Å². The van der Waals surface area contributed by atoms with Gasteiger partial charge in [-0.15, -0.1) is 0 Å². The van der Waals surface area contributed by atoms with Crippen LogP contribution < -0.4 is 5.32 Å². The highest BCUT2D eigenvalue weighted by atomic mass is 16.5. The Morgan fingerprint density at radius 3 is 3.00 bits per heavy atom. The number of ether oxygens (including phenoxy) is 2. The Hall–Kier alpha value is -0.610. The van der Waals surface area contributed by atoms with E-state index in [4.69, 9.17) is 9.47 Å². The molecule has 1 fully saturated rings. The summed E-state index contributed by atoms with van der Waals surface area (Å²) in [5.41, 5.74) is 0. The van der Waals surface area contributed by atoms with Crippen molar-refractivity contribution < 1.29 is 14.3 Å². The molecule has 0 aromatic heterocycles. The topological polar surface area (TPSA) is 47.6 Å².